The van der Waals surface area contributed by atoms with E-state index in [1.54, 1.807) is 0 Å². The molecule has 11 aromatic rings. The Bertz CT molecular complexity index is 3660. The highest BCUT2D eigenvalue weighted by Gasteiger charge is 2.20. The maximum absolute atomic E-state index is 6.82. The van der Waals surface area contributed by atoms with Crippen molar-refractivity contribution in [1.29, 1.82) is 0 Å². The maximum Gasteiger partial charge on any atom is 0.143 e. The predicted molar refractivity (Wildman–Crippen MR) is 279 cm³/mol. The van der Waals surface area contributed by atoms with Gasteiger partial charge in [-0.3, -0.25) is 0 Å². The molecule has 0 aliphatic rings. The third-order valence-corrected chi connectivity index (χ3v) is 13.0. The standard InChI is InChI=1S/C62H48N2O/c1-4-19-49(55-30-17-31-56-57-40-46-21-6-7-22-47(46)41-61(57)65-62(55)56)42(3)63(39-18-24-43(5-2)50-29-16-23-44-20-8-9-25-51(44)50)48-37-35-45(36-38-48)52-26-10-13-32-58(52)64-59-33-14-11-27-53(59)54-28-12-15-34-60(54)64/h4-38,40-41H,39H2,1-3H3/b19-4-,24-18-,43-5+,49-42-. The number of rotatable bonds is 10. The van der Waals surface area contributed by atoms with E-state index in [2.05, 4.69) is 255 Å². The van der Waals surface area contributed by atoms with Crippen LogP contribution >= 0.6 is 0 Å². The first kappa shape index (κ1) is 39.7. The second kappa shape index (κ2) is 16.9. The SMILES string of the molecule is C/C=C\C(=C(/C)N(C/C=C\C(=C/C)c1cccc2ccccc12)c1ccc(-c2ccccc2-n2c3ccccc3c3ccccc32)cc1)c1cccc2c1oc1cc3ccccc3cc12. The molecule has 0 radical (unpaired) electrons. The molecule has 0 saturated heterocycles. The van der Waals surface area contributed by atoms with Gasteiger partial charge in [-0.2, -0.15) is 0 Å². The zero-order chi connectivity index (χ0) is 43.9. The summed E-state index contributed by atoms with van der Waals surface area (Å²) < 4.78 is 9.23. The monoisotopic (exact) mass is 836 g/mol. The van der Waals surface area contributed by atoms with Gasteiger partial charge in [0.1, 0.15) is 11.2 Å². The molecule has 2 heterocycles. The number of aromatic nitrogens is 1. The van der Waals surface area contributed by atoms with Crippen LogP contribution in [0.3, 0.4) is 0 Å². The first-order chi connectivity index (χ1) is 32.1. The number of hydrogen-bond acceptors (Lipinski definition) is 2. The van der Waals surface area contributed by atoms with Crippen molar-refractivity contribution in [2.45, 2.75) is 20.8 Å². The van der Waals surface area contributed by atoms with Crippen LogP contribution in [0.4, 0.5) is 5.69 Å². The van der Waals surface area contributed by atoms with Gasteiger partial charge in [0.15, 0.2) is 0 Å². The Kier molecular flexibility index (Phi) is 10.3. The molecule has 0 bridgehead atoms. The number of nitrogens with zero attached hydrogens (tertiary/aromatic N) is 2. The van der Waals surface area contributed by atoms with Crippen LogP contribution in [0, 0.1) is 0 Å². The highest BCUT2D eigenvalue weighted by molar-refractivity contribution is 6.13. The van der Waals surface area contributed by atoms with E-state index in [4.69, 9.17) is 4.42 Å². The van der Waals surface area contributed by atoms with Crippen molar-refractivity contribution in [2.24, 2.45) is 0 Å². The normalized spacial score (nSPS) is 12.8. The summed E-state index contributed by atoms with van der Waals surface area (Å²) in [5, 5.41) is 9.61. The maximum atomic E-state index is 6.82. The molecule has 0 amide bonds. The van der Waals surface area contributed by atoms with E-state index in [1.807, 2.05) is 0 Å². The van der Waals surface area contributed by atoms with Gasteiger partial charge >= 0.3 is 0 Å². The summed E-state index contributed by atoms with van der Waals surface area (Å²) in [5.74, 6) is 0. The third kappa shape index (κ3) is 7.03. The van der Waals surface area contributed by atoms with E-state index in [0.29, 0.717) is 6.54 Å². The van der Waals surface area contributed by atoms with Gasteiger partial charge in [0.2, 0.25) is 0 Å². The van der Waals surface area contributed by atoms with Crippen LogP contribution in [0.2, 0.25) is 0 Å². The fourth-order valence-corrected chi connectivity index (χ4v) is 9.87. The molecule has 312 valence electrons. The second-order valence-corrected chi connectivity index (χ2v) is 16.7. The zero-order valence-electron chi connectivity index (χ0n) is 36.9. The summed E-state index contributed by atoms with van der Waals surface area (Å²) in [7, 11) is 0. The number of allylic oxidation sites excluding steroid dienone is 7. The van der Waals surface area contributed by atoms with Crippen LogP contribution in [0.15, 0.2) is 235 Å². The van der Waals surface area contributed by atoms with Gasteiger partial charge in [-0.15, -0.1) is 0 Å². The lowest BCUT2D eigenvalue weighted by molar-refractivity contribution is 0.668. The Hall–Kier alpha value is -8.14. The summed E-state index contributed by atoms with van der Waals surface area (Å²) in [6.07, 6.45) is 11.2. The average molecular weight is 837 g/mol. The summed E-state index contributed by atoms with van der Waals surface area (Å²) in [4.78, 5) is 2.43. The van der Waals surface area contributed by atoms with Crippen LogP contribution in [-0.2, 0) is 0 Å². The molecule has 3 heteroatoms. The van der Waals surface area contributed by atoms with Crippen molar-refractivity contribution in [3.63, 3.8) is 0 Å². The van der Waals surface area contributed by atoms with E-state index in [0.717, 1.165) is 55.7 Å². The van der Waals surface area contributed by atoms with Crippen LogP contribution in [0.1, 0.15) is 31.9 Å². The summed E-state index contributed by atoms with van der Waals surface area (Å²) in [6, 6.07) is 70.0. The largest absolute Gasteiger partial charge is 0.455 e. The third-order valence-electron chi connectivity index (χ3n) is 13.0. The van der Waals surface area contributed by atoms with E-state index >= 15 is 0 Å². The lowest BCUT2D eigenvalue weighted by Crippen LogP contribution is -2.22. The van der Waals surface area contributed by atoms with Crippen LogP contribution in [0.25, 0.3) is 93.2 Å². The minimum atomic E-state index is 0.647. The van der Waals surface area contributed by atoms with Crippen molar-refractivity contribution in [3.05, 3.63) is 241 Å². The Balaban J connectivity index is 1.04. The molecule has 0 N–H and O–H groups in total. The molecule has 0 spiro atoms. The van der Waals surface area contributed by atoms with E-state index in [-0.39, 0.29) is 0 Å². The highest BCUT2D eigenvalue weighted by Crippen LogP contribution is 2.40. The smallest absolute Gasteiger partial charge is 0.143 e. The zero-order valence-corrected chi connectivity index (χ0v) is 36.9. The molecule has 0 aliphatic heterocycles. The molecular formula is C62H48N2O. The number of anilines is 1. The minimum absolute atomic E-state index is 0.647. The quantitative estimate of drug-likeness (QED) is 0.128. The number of para-hydroxylation sites is 4. The fourth-order valence-electron chi connectivity index (χ4n) is 9.87. The molecule has 0 atom stereocenters. The number of fused-ring (bicyclic) bond motifs is 8. The van der Waals surface area contributed by atoms with Gasteiger partial charge < -0.3 is 13.9 Å². The van der Waals surface area contributed by atoms with Crippen molar-refractivity contribution in [2.75, 3.05) is 11.4 Å². The van der Waals surface area contributed by atoms with Crippen molar-refractivity contribution in [3.8, 4) is 16.8 Å². The first-order valence-corrected chi connectivity index (χ1v) is 22.5. The van der Waals surface area contributed by atoms with E-state index < -0.39 is 0 Å². The van der Waals surface area contributed by atoms with Crippen molar-refractivity contribution >= 4 is 82.1 Å². The molecule has 0 unspecified atom stereocenters. The topological polar surface area (TPSA) is 21.3 Å². The number of hydrogen-bond donors (Lipinski definition) is 0. The number of benzene rings is 9. The van der Waals surface area contributed by atoms with Gasteiger partial charge in [-0.1, -0.05) is 182 Å². The van der Waals surface area contributed by atoms with Gasteiger partial charge in [0.25, 0.3) is 0 Å². The molecule has 9 aromatic carbocycles. The molecule has 0 fully saturated rings. The number of furan rings is 1. The summed E-state index contributed by atoms with van der Waals surface area (Å²) in [6.45, 7) is 7.11. The Morgan fingerprint density at radius 3 is 1.88 bits per heavy atom. The van der Waals surface area contributed by atoms with Crippen LogP contribution in [0.5, 0.6) is 0 Å². The summed E-state index contributed by atoms with van der Waals surface area (Å²) >= 11 is 0. The van der Waals surface area contributed by atoms with E-state index in [9.17, 15) is 0 Å². The second-order valence-electron chi connectivity index (χ2n) is 16.7. The van der Waals surface area contributed by atoms with Crippen LogP contribution < -0.4 is 4.90 Å². The van der Waals surface area contributed by atoms with E-state index in [1.165, 1.54) is 60.1 Å². The minimum Gasteiger partial charge on any atom is -0.455 e. The Morgan fingerprint density at radius 1 is 0.538 bits per heavy atom. The average Bonchev–Trinajstić information content (AvgIpc) is 3.90. The predicted octanol–water partition coefficient (Wildman–Crippen LogP) is 17.1. The summed E-state index contributed by atoms with van der Waals surface area (Å²) in [5.41, 5.74) is 14.5. The van der Waals surface area contributed by atoms with Crippen LogP contribution in [-0.4, -0.2) is 11.1 Å². The lowest BCUT2D eigenvalue weighted by atomic mass is 9.97. The van der Waals surface area contributed by atoms with Gasteiger partial charge in [-0.05, 0) is 101 Å². The Morgan fingerprint density at radius 2 is 1.14 bits per heavy atom. The molecule has 65 heavy (non-hydrogen) atoms. The molecule has 2 aromatic heterocycles. The molecule has 11 rings (SSSR count). The highest BCUT2D eigenvalue weighted by atomic mass is 16.3. The van der Waals surface area contributed by atoms with Crippen molar-refractivity contribution in [1.82, 2.24) is 4.57 Å². The lowest BCUT2D eigenvalue weighted by Gasteiger charge is -2.27. The van der Waals surface area contributed by atoms with Gasteiger partial charge in [0, 0.05) is 56.2 Å². The Labute approximate surface area is 379 Å². The van der Waals surface area contributed by atoms with Crippen molar-refractivity contribution < 1.29 is 4.42 Å². The van der Waals surface area contributed by atoms with Gasteiger partial charge in [0.05, 0.1) is 16.7 Å². The fraction of sp³-hybridized carbons (Fsp3) is 0.0645. The molecule has 3 nitrogen and oxygen atoms in total. The molecule has 0 saturated carbocycles. The van der Waals surface area contributed by atoms with Gasteiger partial charge in [-0.25, -0.2) is 0 Å². The first-order valence-electron chi connectivity index (χ1n) is 22.5. The molecule has 0 aliphatic carbocycles. The molecular weight excluding hydrogens is 789 g/mol.